The van der Waals surface area contributed by atoms with Crippen molar-refractivity contribution in [2.75, 3.05) is 19.5 Å². The molecule has 1 N–H and O–H groups in total. The van der Waals surface area contributed by atoms with Gasteiger partial charge >= 0.3 is 0 Å². The highest BCUT2D eigenvalue weighted by molar-refractivity contribution is 6.36. The third-order valence-corrected chi connectivity index (χ3v) is 5.42. The molecule has 32 heavy (non-hydrogen) atoms. The van der Waals surface area contributed by atoms with Gasteiger partial charge in [0.1, 0.15) is 17.2 Å². The van der Waals surface area contributed by atoms with Crippen LogP contribution < -0.4 is 14.8 Å². The van der Waals surface area contributed by atoms with Gasteiger partial charge in [-0.05, 0) is 47.5 Å². The number of rotatable bonds is 7. The van der Waals surface area contributed by atoms with Crippen molar-refractivity contribution in [3.63, 3.8) is 0 Å². The predicted octanol–water partition coefficient (Wildman–Crippen LogP) is 4.75. The van der Waals surface area contributed by atoms with E-state index in [1.165, 1.54) is 4.90 Å². The third kappa shape index (κ3) is 4.18. The van der Waals surface area contributed by atoms with Crippen LogP contribution in [0.2, 0.25) is 5.02 Å². The summed E-state index contributed by atoms with van der Waals surface area (Å²) in [7, 11) is 3.12. The van der Waals surface area contributed by atoms with E-state index in [0.717, 1.165) is 5.56 Å². The summed E-state index contributed by atoms with van der Waals surface area (Å²) < 4.78 is 10.6. The topological polar surface area (TPSA) is 67.9 Å². The number of nitrogens with zero attached hydrogens (tertiary/aromatic N) is 1. The zero-order chi connectivity index (χ0) is 22.7. The third-order valence-electron chi connectivity index (χ3n) is 5.17. The maximum absolute atomic E-state index is 13.4. The quantitative estimate of drug-likeness (QED) is 0.528. The van der Waals surface area contributed by atoms with E-state index in [1.807, 2.05) is 12.1 Å². The van der Waals surface area contributed by atoms with Crippen molar-refractivity contribution in [3.05, 3.63) is 94.6 Å². The fraction of sp³-hybridized carbons (Fsp3) is 0.120. The minimum atomic E-state index is -0.415. The minimum absolute atomic E-state index is 0.131. The van der Waals surface area contributed by atoms with Gasteiger partial charge in [0.05, 0.1) is 32.0 Å². The summed E-state index contributed by atoms with van der Waals surface area (Å²) in [6.45, 7) is 0.131. The number of amides is 2. The molecule has 0 saturated heterocycles. The molecule has 4 rings (SSSR count). The van der Waals surface area contributed by atoms with Crippen molar-refractivity contribution in [2.45, 2.75) is 6.54 Å². The molecule has 0 spiro atoms. The van der Waals surface area contributed by atoms with Gasteiger partial charge in [0.25, 0.3) is 11.8 Å². The van der Waals surface area contributed by atoms with Gasteiger partial charge in [-0.2, -0.15) is 0 Å². The molecule has 0 radical (unpaired) electrons. The Balaban J connectivity index is 1.75. The molecule has 2 amide bonds. The molecule has 0 aliphatic carbocycles. The molecule has 1 aliphatic rings. The first-order chi connectivity index (χ1) is 15.5. The molecular formula is C25H21ClN2O4. The largest absolute Gasteiger partial charge is 0.497 e. The zero-order valence-electron chi connectivity index (χ0n) is 17.6. The number of methoxy groups -OCH3 is 2. The average Bonchev–Trinajstić information content (AvgIpc) is 3.05. The molecule has 0 unspecified atom stereocenters. The van der Waals surface area contributed by atoms with E-state index in [9.17, 15) is 9.59 Å². The highest BCUT2D eigenvalue weighted by atomic mass is 35.5. The van der Waals surface area contributed by atoms with Gasteiger partial charge in [-0.15, -0.1) is 0 Å². The number of nitrogens with one attached hydrogen (secondary N) is 1. The van der Waals surface area contributed by atoms with Crippen molar-refractivity contribution < 1.29 is 19.1 Å². The summed E-state index contributed by atoms with van der Waals surface area (Å²) in [6.07, 6.45) is 0. The number of halogens is 1. The summed E-state index contributed by atoms with van der Waals surface area (Å²) in [4.78, 5) is 28.0. The Morgan fingerprint density at radius 1 is 0.844 bits per heavy atom. The van der Waals surface area contributed by atoms with Crippen molar-refractivity contribution in [1.82, 2.24) is 4.90 Å². The van der Waals surface area contributed by atoms with Gasteiger partial charge < -0.3 is 14.8 Å². The van der Waals surface area contributed by atoms with Crippen LogP contribution in [0.1, 0.15) is 11.1 Å². The van der Waals surface area contributed by atoms with Crippen LogP contribution in [-0.4, -0.2) is 30.9 Å². The number of para-hydroxylation sites is 2. The maximum atomic E-state index is 13.4. The molecule has 6 nitrogen and oxygen atoms in total. The number of carbonyl (C=O) groups is 2. The first kappa shape index (κ1) is 21.5. The normalized spacial score (nSPS) is 13.5. The van der Waals surface area contributed by atoms with Crippen LogP contribution in [-0.2, 0) is 16.1 Å². The van der Waals surface area contributed by atoms with E-state index in [2.05, 4.69) is 5.32 Å². The fourth-order valence-electron chi connectivity index (χ4n) is 3.52. The van der Waals surface area contributed by atoms with Crippen molar-refractivity contribution in [1.29, 1.82) is 0 Å². The van der Waals surface area contributed by atoms with Crippen LogP contribution in [0, 0.1) is 0 Å². The summed E-state index contributed by atoms with van der Waals surface area (Å²) in [5, 5.41) is 3.72. The van der Waals surface area contributed by atoms with E-state index in [4.69, 9.17) is 21.1 Å². The Bertz CT molecular complexity index is 1190. The van der Waals surface area contributed by atoms with E-state index in [-0.39, 0.29) is 23.7 Å². The first-order valence-corrected chi connectivity index (χ1v) is 10.3. The van der Waals surface area contributed by atoms with E-state index in [0.29, 0.717) is 27.8 Å². The SMILES string of the molecule is COc1ccc(C2=C(Nc3ccccc3OC)C(=O)N(Cc3ccc(Cl)cc3)C2=O)cc1. The molecule has 0 saturated carbocycles. The number of imide groups is 1. The van der Waals surface area contributed by atoms with Crippen LogP contribution in [0.15, 0.2) is 78.5 Å². The summed E-state index contributed by atoms with van der Waals surface area (Å²) in [5.74, 6) is 0.419. The molecule has 0 aromatic heterocycles. The number of anilines is 1. The molecule has 1 heterocycles. The van der Waals surface area contributed by atoms with Crippen LogP contribution in [0.3, 0.4) is 0 Å². The Hall–Kier alpha value is -3.77. The van der Waals surface area contributed by atoms with Gasteiger partial charge in [-0.1, -0.05) is 48.0 Å². The van der Waals surface area contributed by atoms with Gasteiger partial charge in [0.15, 0.2) is 0 Å². The minimum Gasteiger partial charge on any atom is -0.497 e. The van der Waals surface area contributed by atoms with E-state index in [1.54, 1.807) is 74.9 Å². The smallest absolute Gasteiger partial charge is 0.278 e. The number of benzene rings is 3. The van der Waals surface area contributed by atoms with Crippen LogP contribution in [0.4, 0.5) is 5.69 Å². The summed E-state index contributed by atoms with van der Waals surface area (Å²) in [6, 6.07) is 21.3. The van der Waals surface area contributed by atoms with E-state index < -0.39 is 5.91 Å². The Morgan fingerprint density at radius 2 is 1.53 bits per heavy atom. The molecular weight excluding hydrogens is 428 g/mol. The van der Waals surface area contributed by atoms with Crippen LogP contribution in [0.5, 0.6) is 11.5 Å². The highest BCUT2D eigenvalue weighted by Crippen LogP contribution is 2.34. The van der Waals surface area contributed by atoms with E-state index >= 15 is 0 Å². The molecule has 162 valence electrons. The Labute approximate surface area is 191 Å². The Morgan fingerprint density at radius 3 is 2.19 bits per heavy atom. The van der Waals surface area contributed by atoms with Crippen molar-refractivity contribution in [2.24, 2.45) is 0 Å². The standard InChI is InChI=1S/C25H21ClN2O4/c1-31-19-13-9-17(10-14-19)22-23(27-20-5-3-4-6-21(20)32-2)25(30)28(24(22)29)15-16-7-11-18(26)12-8-16/h3-14,27H,15H2,1-2H3. The van der Waals surface area contributed by atoms with Gasteiger partial charge in [-0.25, -0.2) is 0 Å². The van der Waals surface area contributed by atoms with Gasteiger partial charge in [0, 0.05) is 5.02 Å². The lowest BCUT2D eigenvalue weighted by Crippen LogP contribution is -2.32. The Kier molecular flexibility index (Phi) is 6.14. The lowest BCUT2D eigenvalue weighted by molar-refractivity contribution is -0.137. The number of ether oxygens (including phenoxy) is 2. The molecule has 7 heteroatoms. The highest BCUT2D eigenvalue weighted by Gasteiger charge is 2.39. The second kappa shape index (κ2) is 9.16. The molecule has 3 aromatic rings. The number of hydrogen-bond acceptors (Lipinski definition) is 5. The summed E-state index contributed by atoms with van der Waals surface area (Å²) in [5.41, 5.74) is 2.48. The first-order valence-electron chi connectivity index (χ1n) is 9.91. The summed E-state index contributed by atoms with van der Waals surface area (Å²) >= 11 is 5.97. The van der Waals surface area contributed by atoms with Crippen molar-refractivity contribution >= 4 is 34.7 Å². The average molecular weight is 449 g/mol. The zero-order valence-corrected chi connectivity index (χ0v) is 18.3. The van der Waals surface area contributed by atoms with Crippen LogP contribution >= 0.6 is 11.6 Å². The van der Waals surface area contributed by atoms with Crippen molar-refractivity contribution in [3.8, 4) is 11.5 Å². The molecule has 3 aromatic carbocycles. The fourth-order valence-corrected chi connectivity index (χ4v) is 3.64. The van der Waals surface area contributed by atoms with Gasteiger partial charge in [0.2, 0.25) is 0 Å². The lowest BCUT2D eigenvalue weighted by atomic mass is 10.0. The second-order valence-electron chi connectivity index (χ2n) is 7.13. The van der Waals surface area contributed by atoms with Crippen LogP contribution in [0.25, 0.3) is 5.57 Å². The monoisotopic (exact) mass is 448 g/mol. The molecule has 0 atom stereocenters. The second-order valence-corrected chi connectivity index (χ2v) is 7.56. The maximum Gasteiger partial charge on any atom is 0.278 e. The predicted molar refractivity (Wildman–Crippen MR) is 124 cm³/mol. The molecule has 1 aliphatic heterocycles. The molecule has 0 fully saturated rings. The van der Waals surface area contributed by atoms with Gasteiger partial charge in [-0.3, -0.25) is 14.5 Å². The number of hydrogen-bond donors (Lipinski definition) is 1. The number of carbonyl (C=O) groups excluding carboxylic acids is 2. The molecule has 0 bridgehead atoms. The lowest BCUT2D eigenvalue weighted by Gasteiger charge is -2.16.